The van der Waals surface area contributed by atoms with E-state index in [1.807, 2.05) is 30.3 Å². The fraction of sp³-hybridized carbons (Fsp3) is 0. The predicted octanol–water partition coefficient (Wildman–Crippen LogP) is 4.87. The smallest absolute Gasteiger partial charge is 0.295 e. The SMILES string of the molecule is O=[N+]([O-])c1cc2c(c3cn[nH]c13)NC=C(c1ccccc1F)N=C2c1ccccc1. The molecule has 0 aliphatic carbocycles. The minimum absolute atomic E-state index is 0.110. The molecule has 0 saturated carbocycles. The van der Waals surface area contributed by atoms with Crippen LogP contribution in [-0.4, -0.2) is 20.8 Å². The van der Waals surface area contributed by atoms with Crippen molar-refractivity contribution in [3.63, 3.8) is 0 Å². The summed E-state index contributed by atoms with van der Waals surface area (Å²) < 4.78 is 14.5. The largest absolute Gasteiger partial charge is 0.359 e. The Balaban J connectivity index is 1.83. The van der Waals surface area contributed by atoms with Crippen molar-refractivity contribution in [2.45, 2.75) is 0 Å². The molecule has 2 N–H and O–H groups in total. The number of rotatable bonds is 3. The molecule has 5 rings (SSSR count). The second-order valence-electron chi connectivity index (χ2n) is 6.71. The summed E-state index contributed by atoms with van der Waals surface area (Å²) in [7, 11) is 0. The van der Waals surface area contributed by atoms with Gasteiger partial charge in [0.05, 0.1) is 33.6 Å². The highest BCUT2D eigenvalue weighted by Crippen LogP contribution is 2.37. The first-order chi connectivity index (χ1) is 14.6. The summed E-state index contributed by atoms with van der Waals surface area (Å²) >= 11 is 0. The quantitative estimate of drug-likeness (QED) is 0.379. The Bertz CT molecular complexity index is 1360. The molecule has 146 valence electrons. The molecule has 0 unspecified atom stereocenters. The van der Waals surface area contributed by atoms with Gasteiger partial charge in [-0.05, 0) is 12.1 Å². The molecule has 0 radical (unpaired) electrons. The third-order valence-corrected chi connectivity index (χ3v) is 4.95. The van der Waals surface area contributed by atoms with Gasteiger partial charge < -0.3 is 5.32 Å². The number of hydrogen-bond acceptors (Lipinski definition) is 5. The van der Waals surface area contributed by atoms with E-state index in [1.54, 1.807) is 24.4 Å². The maximum atomic E-state index is 14.5. The Labute approximate surface area is 169 Å². The number of H-pyrrole nitrogens is 1. The van der Waals surface area contributed by atoms with Gasteiger partial charge in [-0.15, -0.1) is 0 Å². The van der Waals surface area contributed by atoms with Crippen LogP contribution in [0.15, 0.2) is 78.1 Å². The predicted molar refractivity (Wildman–Crippen MR) is 113 cm³/mol. The van der Waals surface area contributed by atoms with Crippen molar-refractivity contribution < 1.29 is 9.31 Å². The van der Waals surface area contributed by atoms with Crippen LogP contribution >= 0.6 is 0 Å². The number of aliphatic imine (C=N–C) groups is 1. The van der Waals surface area contributed by atoms with Gasteiger partial charge in [-0.2, -0.15) is 5.10 Å². The van der Waals surface area contributed by atoms with Crippen molar-refractivity contribution in [3.8, 4) is 0 Å². The van der Waals surface area contributed by atoms with Gasteiger partial charge in [0.15, 0.2) is 0 Å². The van der Waals surface area contributed by atoms with Crippen LogP contribution in [0.25, 0.3) is 16.6 Å². The lowest BCUT2D eigenvalue weighted by Gasteiger charge is -2.11. The number of halogens is 1. The Morgan fingerprint density at radius 2 is 1.77 bits per heavy atom. The van der Waals surface area contributed by atoms with Crippen molar-refractivity contribution in [1.29, 1.82) is 0 Å². The van der Waals surface area contributed by atoms with Crippen molar-refractivity contribution in [3.05, 3.63) is 106 Å². The summed E-state index contributed by atoms with van der Waals surface area (Å²) in [5, 5.41) is 22.1. The number of benzene rings is 3. The van der Waals surface area contributed by atoms with E-state index in [1.165, 1.54) is 18.3 Å². The zero-order valence-electron chi connectivity index (χ0n) is 15.5. The van der Waals surface area contributed by atoms with Crippen LogP contribution in [0.5, 0.6) is 0 Å². The van der Waals surface area contributed by atoms with Crippen LogP contribution < -0.4 is 5.32 Å². The highest BCUT2D eigenvalue weighted by atomic mass is 19.1. The van der Waals surface area contributed by atoms with Crippen molar-refractivity contribution in [1.82, 2.24) is 10.2 Å². The van der Waals surface area contributed by atoms with E-state index in [-0.39, 0.29) is 5.69 Å². The highest BCUT2D eigenvalue weighted by molar-refractivity contribution is 6.22. The number of nitro groups is 1. The molecule has 30 heavy (non-hydrogen) atoms. The second kappa shape index (κ2) is 6.93. The lowest BCUT2D eigenvalue weighted by molar-refractivity contribution is -0.383. The van der Waals surface area contributed by atoms with Crippen molar-refractivity contribution >= 4 is 33.7 Å². The molecule has 4 aromatic rings. The fourth-order valence-corrected chi connectivity index (χ4v) is 3.56. The number of nitrogens with zero attached hydrogens (tertiary/aromatic N) is 3. The van der Waals surface area contributed by atoms with Crippen LogP contribution in [-0.2, 0) is 0 Å². The van der Waals surface area contributed by atoms with Crippen LogP contribution in [0, 0.1) is 15.9 Å². The maximum Gasteiger partial charge on any atom is 0.295 e. The van der Waals surface area contributed by atoms with Gasteiger partial charge >= 0.3 is 0 Å². The molecule has 0 fully saturated rings. The van der Waals surface area contributed by atoms with Crippen LogP contribution in [0.4, 0.5) is 15.8 Å². The van der Waals surface area contributed by atoms with Gasteiger partial charge in [-0.1, -0.05) is 42.5 Å². The Kier molecular flexibility index (Phi) is 4.10. The van der Waals surface area contributed by atoms with Crippen molar-refractivity contribution in [2.75, 3.05) is 5.32 Å². The molecule has 1 aliphatic rings. The average molecular weight is 399 g/mol. The summed E-state index contributed by atoms with van der Waals surface area (Å²) in [6.45, 7) is 0. The lowest BCUT2D eigenvalue weighted by atomic mass is 9.98. The van der Waals surface area contributed by atoms with Gasteiger partial charge in [-0.3, -0.25) is 15.2 Å². The van der Waals surface area contributed by atoms with Gasteiger partial charge in [0.2, 0.25) is 0 Å². The number of nitrogens with one attached hydrogen (secondary N) is 2. The van der Waals surface area contributed by atoms with Gasteiger partial charge in [0.1, 0.15) is 11.3 Å². The van der Waals surface area contributed by atoms with Gasteiger partial charge in [0.25, 0.3) is 5.69 Å². The zero-order valence-corrected chi connectivity index (χ0v) is 15.5. The molecule has 2 heterocycles. The van der Waals surface area contributed by atoms with Gasteiger partial charge in [0, 0.05) is 29.0 Å². The first-order valence-corrected chi connectivity index (χ1v) is 9.14. The molecule has 8 heteroatoms. The molecule has 0 amide bonds. The topological polar surface area (TPSA) is 96.2 Å². The third kappa shape index (κ3) is 2.82. The number of aromatic amines is 1. The summed E-state index contributed by atoms with van der Waals surface area (Å²) in [5.41, 5.74) is 3.29. The molecule has 3 aromatic carbocycles. The Hall–Kier alpha value is -4.33. The van der Waals surface area contributed by atoms with Crippen LogP contribution in [0.3, 0.4) is 0 Å². The number of non-ortho nitro benzene ring substituents is 1. The number of anilines is 1. The van der Waals surface area contributed by atoms with E-state index in [0.717, 1.165) is 5.56 Å². The molecule has 1 aliphatic heterocycles. The van der Waals surface area contributed by atoms with E-state index in [0.29, 0.717) is 39.1 Å². The Morgan fingerprint density at radius 1 is 1.00 bits per heavy atom. The minimum atomic E-state index is -0.459. The molecule has 0 saturated heterocycles. The highest BCUT2D eigenvalue weighted by Gasteiger charge is 2.26. The number of aromatic nitrogens is 2. The summed E-state index contributed by atoms with van der Waals surface area (Å²) in [6, 6.07) is 17.1. The minimum Gasteiger partial charge on any atom is -0.359 e. The van der Waals surface area contributed by atoms with Crippen LogP contribution in [0.1, 0.15) is 16.7 Å². The maximum absolute atomic E-state index is 14.5. The molecular formula is C22H14FN5O2. The summed E-state index contributed by atoms with van der Waals surface area (Å²) in [5.74, 6) is -0.410. The van der Waals surface area contributed by atoms with Crippen molar-refractivity contribution in [2.24, 2.45) is 4.99 Å². The van der Waals surface area contributed by atoms with E-state index < -0.39 is 10.7 Å². The fourth-order valence-electron chi connectivity index (χ4n) is 3.56. The molecule has 0 spiro atoms. The summed E-state index contributed by atoms with van der Waals surface area (Å²) in [4.78, 5) is 16.0. The van der Waals surface area contributed by atoms with E-state index in [9.17, 15) is 14.5 Å². The van der Waals surface area contributed by atoms with E-state index in [2.05, 4.69) is 15.5 Å². The molecular weight excluding hydrogens is 385 g/mol. The molecule has 7 nitrogen and oxygen atoms in total. The molecule has 0 atom stereocenters. The molecule has 0 bridgehead atoms. The number of hydrogen-bond donors (Lipinski definition) is 2. The van der Waals surface area contributed by atoms with Crippen LogP contribution in [0.2, 0.25) is 0 Å². The number of nitro benzene ring substituents is 1. The lowest BCUT2D eigenvalue weighted by Crippen LogP contribution is -2.07. The Morgan fingerprint density at radius 3 is 2.53 bits per heavy atom. The first-order valence-electron chi connectivity index (χ1n) is 9.14. The zero-order chi connectivity index (χ0) is 20.7. The molecule has 1 aromatic heterocycles. The van der Waals surface area contributed by atoms with Gasteiger partial charge in [-0.25, -0.2) is 9.38 Å². The number of fused-ring (bicyclic) bond motifs is 3. The standard InChI is InChI=1S/C22H14FN5O2/c23-17-9-5-4-8-14(17)18-12-24-21-15(20(26-18)13-6-2-1-3-7-13)10-19(28(29)30)22-16(21)11-25-27-22/h1-12,24H,(H,25,27). The first kappa shape index (κ1) is 17.7. The second-order valence-corrected chi connectivity index (χ2v) is 6.71. The third-order valence-electron chi connectivity index (χ3n) is 4.95. The average Bonchev–Trinajstić information content (AvgIpc) is 3.17. The normalized spacial score (nSPS) is 13.1. The van der Waals surface area contributed by atoms with E-state index in [4.69, 9.17) is 4.99 Å². The monoisotopic (exact) mass is 399 g/mol. The van der Waals surface area contributed by atoms with E-state index >= 15 is 0 Å². The summed E-state index contributed by atoms with van der Waals surface area (Å²) in [6.07, 6.45) is 3.13.